The summed E-state index contributed by atoms with van der Waals surface area (Å²) in [5.41, 5.74) is 2.75. The number of esters is 1. The van der Waals surface area contributed by atoms with Crippen LogP contribution >= 0.6 is 0 Å². The second-order valence-corrected chi connectivity index (χ2v) is 8.99. The molecular weight excluding hydrogens is 352 g/mol. The van der Waals surface area contributed by atoms with Crippen LogP contribution in [0.3, 0.4) is 0 Å². The minimum absolute atomic E-state index is 0.186. The first-order chi connectivity index (χ1) is 13.2. The summed E-state index contributed by atoms with van der Waals surface area (Å²) >= 11 is 0. The summed E-state index contributed by atoms with van der Waals surface area (Å²) in [6.45, 7) is 9.92. The van der Waals surface area contributed by atoms with E-state index in [4.69, 9.17) is 4.74 Å². The second kappa shape index (κ2) is 7.65. The van der Waals surface area contributed by atoms with Gasteiger partial charge in [-0.3, -0.25) is 0 Å². The Morgan fingerprint density at radius 2 is 1.93 bits per heavy atom. The van der Waals surface area contributed by atoms with Crippen molar-refractivity contribution >= 4 is 12.0 Å². The van der Waals surface area contributed by atoms with Gasteiger partial charge in [0.25, 0.3) is 0 Å². The number of rotatable bonds is 4. The molecule has 1 aromatic rings. The number of fused-ring (bicyclic) bond motifs is 1. The number of hydrogen-bond donors (Lipinski definition) is 2. The maximum Gasteiger partial charge on any atom is 0.331 e. The van der Waals surface area contributed by atoms with Gasteiger partial charge in [0, 0.05) is 6.08 Å². The summed E-state index contributed by atoms with van der Waals surface area (Å²) in [5.74, 6) is 0.454. The Bertz CT molecular complexity index is 809. The molecule has 0 radical (unpaired) electrons. The van der Waals surface area contributed by atoms with Gasteiger partial charge in [-0.15, -0.1) is 0 Å². The van der Waals surface area contributed by atoms with Gasteiger partial charge in [-0.05, 0) is 78.2 Å². The van der Waals surface area contributed by atoms with E-state index in [-0.39, 0.29) is 18.1 Å². The van der Waals surface area contributed by atoms with Gasteiger partial charge in [0.1, 0.15) is 6.61 Å². The number of allylic oxidation sites excluding steroid dienone is 1. The smallest absolute Gasteiger partial charge is 0.331 e. The van der Waals surface area contributed by atoms with Crippen LogP contribution in [0.2, 0.25) is 0 Å². The van der Waals surface area contributed by atoms with Crippen LogP contribution in [0.25, 0.3) is 6.08 Å². The average Bonchev–Trinajstić information content (AvgIpc) is 2.90. The fraction of sp³-hybridized carbons (Fsp3) is 0.542. The molecule has 2 aliphatic carbocycles. The zero-order chi connectivity index (χ0) is 20.5. The van der Waals surface area contributed by atoms with Gasteiger partial charge in [0.2, 0.25) is 0 Å². The van der Waals surface area contributed by atoms with Crippen LogP contribution < -0.4 is 0 Å². The first kappa shape index (κ1) is 20.5. The second-order valence-electron chi connectivity index (χ2n) is 8.99. The van der Waals surface area contributed by atoms with Crippen molar-refractivity contribution < 1.29 is 19.7 Å². The van der Waals surface area contributed by atoms with Crippen LogP contribution in [0, 0.1) is 22.7 Å². The first-order valence-corrected chi connectivity index (χ1v) is 10.2. The van der Waals surface area contributed by atoms with Crippen LogP contribution in [0.1, 0.15) is 58.9 Å². The Morgan fingerprint density at radius 3 is 2.64 bits per heavy atom. The third kappa shape index (κ3) is 3.57. The zero-order valence-electron chi connectivity index (χ0n) is 17.4. The molecule has 152 valence electrons. The predicted molar refractivity (Wildman–Crippen MR) is 111 cm³/mol. The van der Waals surface area contributed by atoms with Crippen molar-refractivity contribution in [1.29, 1.82) is 0 Å². The highest BCUT2D eigenvalue weighted by Crippen LogP contribution is 2.66. The van der Waals surface area contributed by atoms with E-state index >= 15 is 0 Å². The number of carbonyl (C=O) groups excluding carboxylic acids is 1. The predicted octanol–water partition coefficient (Wildman–Crippen LogP) is 5.45. The largest absolute Gasteiger partial charge is 0.504 e. The topological polar surface area (TPSA) is 66.8 Å². The Balaban J connectivity index is 1.58. The minimum atomic E-state index is -0.418. The summed E-state index contributed by atoms with van der Waals surface area (Å²) < 4.78 is 5.35. The molecule has 2 fully saturated rings. The third-order valence-electron chi connectivity index (χ3n) is 7.92. The number of phenols is 2. The van der Waals surface area contributed by atoms with Crippen molar-refractivity contribution in [2.75, 3.05) is 6.61 Å². The van der Waals surface area contributed by atoms with Crippen LogP contribution in [0.4, 0.5) is 0 Å². The van der Waals surface area contributed by atoms with Crippen LogP contribution in [0.5, 0.6) is 11.5 Å². The van der Waals surface area contributed by atoms with Crippen molar-refractivity contribution in [3.8, 4) is 11.5 Å². The lowest BCUT2D eigenvalue weighted by Crippen LogP contribution is -2.45. The van der Waals surface area contributed by atoms with Crippen LogP contribution in [-0.2, 0) is 9.53 Å². The van der Waals surface area contributed by atoms with E-state index < -0.39 is 5.97 Å². The molecule has 2 N–H and O–H groups in total. The highest BCUT2D eigenvalue weighted by atomic mass is 16.5. The number of ether oxygens (including phenoxy) is 1. The minimum Gasteiger partial charge on any atom is -0.504 e. The van der Waals surface area contributed by atoms with Crippen LogP contribution in [0.15, 0.2) is 35.9 Å². The number of benzene rings is 1. The molecular formula is C24H32O4. The van der Waals surface area contributed by atoms with Crippen molar-refractivity contribution in [3.05, 3.63) is 41.5 Å². The molecule has 0 unspecified atom stereocenters. The van der Waals surface area contributed by atoms with Gasteiger partial charge < -0.3 is 14.9 Å². The van der Waals surface area contributed by atoms with Gasteiger partial charge in [0.15, 0.2) is 11.5 Å². The van der Waals surface area contributed by atoms with E-state index in [2.05, 4.69) is 33.8 Å². The quantitative estimate of drug-likeness (QED) is 0.313. The first-order valence-electron chi connectivity index (χ1n) is 10.2. The van der Waals surface area contributed by atoms with Gasteiger partial charge >= 0.3 is 5.97 Å². The Morgan fingerprint density at radius 1 is 1.18 bits per heavy atom. The molecule has 0 bridgehead atoms. The monoisotopic (exact) mass is 384 g/mol. The summed E-state index contributed by atoms with van der Waals surface area (Å²) in [4.78, 5) is 12.0. The van der Waals surface area contributed by atoms with Gasteiger partial charge in [-0.25, -0.2) is 4.79 Å². The maximum atomic E-state index is 12.0. The molecule has 28 heavy (non-hydrogen) atoms. The molecule has 0 aromatic heterocycles. The number of carbonyl (C=O) groups is 1. The Labute approximate surface area is 167 Å². The van der Waals surface area contributed by atoms with Gasteiger partial charge in [0.05, 0.1) is 0 Å². The number of hydrogen-bond acceptors (Lipinski definition) is 4. The number of aromatic hydroxyl groups is 2. The third-order valence-corrected chi connectivity index (χ3v) is 7.92. The van der Waals surface area contributed by atoms with Crippen LogP contribution in [-0.4, -0.2) is 22.8 Å². The Kier molecular flexibility index (Phi) is 5.60. The van der Waals surface area contributed by atoms with E-state index in [0.717, 1.165) is 12.3 Å². The molecule has 4 atom stereocenters. The van der Waals surface area contributed by atoms with E-state index in [1.165, 1.54) is 43.0 Å². The molecule has 0 spiro atoms. The van der Waals surface area contributed by atoms with E-state index in [1.807, 2.05) is 0 Å². The molecule has 3 rings (SSSR count). The molecule has 0 amide bonds. The molecule has 1 aromatic carbocycles. The van der Waals surface area contributed by atoms with Crippen molar-refractivity contribution in [2.24, 2.45) is 22.7 Å². The molecule has 2 saturated carbocycles. The highest BCUT2D eigenvalue weighted by molar-refractivity contribution is 5.87. The Hall–Kier alpha value is -2.23. The summed E-state index contributed by atoms with van der Waals surface area (Å²) in [7, 11) is 0. The summed E-state index contributed by atoms with van der Waals surface area (Å²) in [5, 5.41) is 18.8. The average molecular weight is 385 g/mol. The SMILES string of the molecule is C[C@@H]1CC[C@@]2(C)[C@H](C)C(=CCOC(=O)C=Cc3ccc(O)c(O)c3)CC[C@@]12C. The molecule has 2 aliphatic rings. The molecule has 0 aliphatic heterocycles. The summed E-state index contributed by atoms with van der Waals surface area (Å²) in [6.07, 6.45) is 9.85. The van der Waals surface area contributed by atoms with Crippen molar-refractivity contribution in [1.82, 2.24) is 0 Å². The molecule has 4 heteroatoms. The highest BCUT2D eigenvalue weighted by Gasteiger charge is 2.57. The van der Waals surface area contributed by atoms with Gasteiger partial charge in [-0.1, -0.05) is 39.3 Å². The molecule has 4 nitrogen and oxygen atoms in total. The van der Waals surface area contributed by atoms with Gasteiger partial charge in [-0.2, -0.15) is 0 Å². The lowest BCUT2D eigenvalue weighted by molar-refractivity contribution is -0.136. The normalized spacial score (nSPS) is 33.9. The van der Waals surface area contributed by atoms with E-state index in [9.17, 15) is 15.0 Å². The van der Waals surface area contributed by atoms with E-state index in [0.29, 0.717) is 22.3 Å². The maximum absolute atomic E-state index is 12.0. The fourth-order valence-corrected chi connectivity index (χ4v) is 5.32. The molecule has 0 heterocycles. The summed E-state index contributed by atoms with van der Waals surface area (Å²) in [6, 6.07) is 4.39. The zero-order valence-corrected chi connectivity index (χ0v) is 17.4. The van der Waals surface area contributed by atoms with Crippen molar-refractivity contribution in [2.45, 2.75) is 53.4 Å². The fourth-order valence-electron chi connectivity index (χ4n) is 5.32. The standard InChI is InChI=1S/C24H32O4/c1-16-9-12-24(4)17(2)19(10-13-23(16,24)3)11-14-28-22(27)8-6-18-5-7-20(25)21(26)15-18/h5-8,11,15-17,25-26H,9-10,12-14H2,1-4H3/t16-,17-,23+,24+/m1/s1. The van der Waals surface area contributed by atoms with E-state index in [1.54, 1.807) is 12.1 Å². The number of phenolic OH excluding ortho intramolecular Hbond substituents is 2. The lowest BCUT2D eigenvalue weighted by Gasteiger charge is -2.53. The van der Waals surface area contributed by atoms with Crippen molar-refractivity contribution in [3.63, 3.8) is 0 Å². The lowest BCUT2D eigenvalue weighted by atomic mass is 9.52. The molecule has 0 saturated heterocycles.